The first-order chi connectivity index (χ1) is 9.15. The third kappa shape index (κ3) is 2.40. The van der Waals surface area contributed by atoms with Gasteiger partial charge >= 0.3 is 0 Å². The third-order valence-electron chi connectivity index (χ3n) is 3.74. The maximum absolute atomic E-state index is 13.9. The number of hydrogen-bond donors (Lipinski definition) is 1. The van der Waals surface area contributed by atoms with Crippen LogP contribution >= 0.6 is 11.6 Å². The molecule has 3 rings (SSSR count). The first-order valence-corrected chi connectivity index (χ1v) is 6.90. The van der Waals surface area contributed by atoms with E-state index in [9.17, 15) is 4.39 Å². The fourth-order valence-electron chi connectivity index (χ4n) is 2.74. The number of benzene rings is 1. The van der Waals surface area contributed by atoms with Gasteiger partial charge in [-0.25, -0.2) is 4.39 Å². The molecule has 19 heavy (non-hydrogen) atoms. The van der Waals surface area contributed by atoms with E-state index >= 15 is 0 Å². The lowest BCUT2D eigenvalue weighted by molar-refractivity contribution is 0.573. The summed E-state index contributed by atoms with van der Waals surface area (Å²) in [6, 6.07) is 5.22. The summed E-state index contributed by atoms with van der Waals surface area (Å²) < 4.78 is 15.9. The molecule has 1 atom stereocenters. The number of aromatic nitrogens is 1. The molecule has 1 aromatic carbocycles. The van der Waals surface area contributed by atoms with Crippen molar-refractivity contribution in [3.8, 4) is 0 Å². The average molecular weight is 279 g/mol. The summed E-state index contributed by atoms with van der Waals surface area (Å²) in [5.74, 6) is -0.333. The van der Waals surface area contributed by atoms with Crippen LogP contribution < -0.4 is 5.73 Å². The maximum atomic E-state index is 13.9. The van der Waals surface area contributed by atoms with Crippen molar-refractivity contribution in [1.82, 2.24) is 4.57 Å². The summed E-state index contributed by atoms with van der Waals surface area (Å²) in [4.78, 5) is 0. The van der Waals surface area contributed by atoms with Crippen molar-refractivity contribution in [3.05, 3.63) is 58.1 Å². The fourth-order valence-corrected chi connectivity index (χ4v) is 2.94. The molecule has 0 bridgehead atoms. The fraction of sp³-hybridized carbons (Fsp3) is 0.333. The number of fused-ring (bicyclic) bond motifs is 1. The predicted octanol–water partition coefficient (Wildman–Crippen LogP) is 3.67. The highest BCUT2D eigenvalue weighted by Gasteiger charge is 2.19. The first kappa shape index (κ1) is 12.7. The largest absolute Gasteiger partial charge is 0.349 e. The molecule has 2 aromatic rings. The Balaban J connectivity index is 1.90. The van der Waals surface area contributed by atoms with E-state index in [0.717, 1.165) is 19.3 Å². The lowest BCUT2D eigenvalue weighted by atomic mass is 9.92. The van der Waals surface area contributed by atoms with Gasteiger partial charge in [0.1, 0.15) is 5.82 Å². The van der Waals surface area contributed by atoms with Gasteiger partial charge in [0.15, 0.2) is 0 Å². The van der Waals surface area contributed by atoms with Crippen LogP contribution in [0.2, 0.25) is 5.02 Å². The Morgan fingerprint density at radius 2 is 2.21 bits per heavy atom. The summed E-state index contributed by atoms with van der Waals surface area (Å²) in [5, 5.41) is 0.172. The Morgan fingerprint density at radius 1 is 1.37 bits per heavy atom. The van der Waals surface area contributed by atoms with Crippen LogP contribution in [0.3, 0.4) is 0 Å². The van der Waals surface area contributed by atoms with Crippen molar-refractivity contribution in [2.75, 3.05) is 0 Å². The lowest BCUT2D eigenvalue weighted by Gasteiger charge is -2.17. The van der Waals surface area contributed by atoms with Crippen LogP contribution in [0.15, 0.2) is 30.6 Å². The van der Waals surface area contributed by atoms with Gasteiger partial charge in [-0.1, -0.05) is 23.7 Å². The van der Waals surface area contributed by atoms with Gasteiger partial charge in [0.05, 0.1) is 5.02 Å². The normalized spacial score (nSPS) is 18.4. The predicted molar refractivity (Wildman–Crippen MR) is 74.8 cm³/mol. The van der Waals surface area contributed by atoms with E-state index in [1.807, 2.05) is 10.8 Å². The molecule has 0 radical (unpaired) electrons. The van der Waals surface area contributed by atoms with Crippen LogP contribution in [0.25, 0.3) is 0 Å². The number of rotatable bonds is 2. The van der Waals surface area contributed by atoms with Crippen molar-refractivity contribution in [2.24, 2.45) is 5.73 Å². The molecular formula is C15H16ClFN2. The molecule has 0 aliphatic heterocycles. The van der Waals surface area contributed by atoms with Crippen LogP contribution in [0.1, 0.15) is 35.6 Å². The zero-order valence-electron chi connectivity index (χ0n) is 10.6. The van der Waals surface area contributed by atoms with E-state index in [2.05, 4.69) is 6.20 Å². The van der Waals surface area contributed by atoms with Gasteiger partial charge in [0, 0.05) is 30.5 Å². The number of aryl methyl sites for hydroxylation is 1. The molecule has 1 heterocycles. The highest BCUT2D eigenvalue weighted by atomic mass is 35.5. The van der Waals surface area contributed by atoms with Crippen LogP contribution in [-0.4, -0.2) is 4.57 Å². The smallest absolute Gasteiger partial charge is 0.146 e. The Bertz CT molecular complexity index is 606. The molecule has 1 aromatic heterocycles. The Labute approximate surface area is 117 Å². The summed E-state index contributed by atoms with van der Waals surface area (Å²) in [6.45, 7) is 0.492. The monoisotopic (exact) mass is 278 g/mol. The van der Waals surface area contributed by atoms with Crippen molar-refractivity contribution >= 4 is 11.6 Å². The van der Waals surface area contributed by atoms with Gasteiger partial charge in [0.25, 0.3) is 0 Å². The number of nitrogens with two attached hydrogens (primary N) is 1. The molecule has 0 saturated heterocycles. The van der Waals surface area contributed by atoms with Crippen molar-refractivity contribution in [2.45, 2.75) is 31.8 Å². The molecule has 0 fully saturated rings. The SMILES string of the molecule is NC1CCCc2cn(Cc3cccc(Cl)c3F)cc21. The highest BCUT2D eigenvalue weighted by Crippen LogP contribution is 2.29. The number of halogens is 2. The molecule has 0 spiro atoms. The zero-order chi connectivity index (χ0) is 13.4. The summed E-state index contributed by atoms with van der Waals surface area (Å²) in [5.41, 5.74) is 9.20. The molecule has 0 saturated carbocycles. The molecule has 1 unspecified atom stereocenters. The maximum Gasteiger partial charge on any atom is 0.146 e. The van der Waals surface area contributed by atoms with Crippen molar-refractivity contribution in [1.29, 1.82) is 0 Å². The molecular weight excluding hydrogens is 263 g/mol. The van der Waals surface area contributed by atoms with E-state index < -0.39 is 0 Å². The van der Waals surface area contributed by atoms with Gasteiger partial charge in [-0.2, -0.15) is 0 Å². The standard InChI is InChI=1S/C15H16ClFN2/c16-13-5-1-4-11(15(13)17)8-19-7-10-3-2-6-14(18)12(10)9-19/h1,4-5,7,9,14H,2-3,6,8,18H2. The molecule has 0 amide bonds. The quantitative estimate of drug-likeness (QED) is 0.893. The van der Waals surface area contributed by atoms with E-state index in [-0.39, 0.29) is 16.9 Å². The Kier molecular flexibility index (Phi) is 3.33. The van der Waals surface area contributed by atoms with Crippen molar-refractivity contribution in [3.63, 3.8) is 0 Å². The van der Waals surface area contributed by atoms with Gasteiger partial charge in [-0.3, -0.25) is 0 Å². The molecule has 100 valence electrons. The van der Waals surface area contributed by atoms with Crippen LogP contribution in [0.4, 0.5) is 4.39 Å². The molecule has 2 N–H and O–H groups in total. The lowest BCUT2D eigenvalue weighted by Crippen LogP contribution is -2.15. The minimum absolute atomic E-state index is 0.120. The second-order valence-corrected chi connectivity index (χ2v) is 5.53. The van der Waals surface area contributed by atoms with Crippen LogP contribution in [0.5, 0.6) is 0 Å². The van der Waals surface area contributed by atoms with Crippen molar-refractivity contribution < 1.29 is 4.39 Å². The molecule has 1 aliphatic rings. The van der Waals surface area contributed by atoms with Gasteiger partial charge < -0.3 is 10.3 Å². The first-order valence-electron chi connectivity index (χ1n) is 6.52. The Hall–Kier alpha value is -1.32. The third-order valence-corrected chi connectivity index (χ3v) is 4.03. The number of hydrogen-bond acceptors (Lipinski definition) is 1. The van der Waals surface area contributed by atoms with Gasteiger partial charge in [-0.05, 0) is 36.5 Å². The molecule has 1 aliphatic carbocycles. The second-order valence-electron chi connectivity index (χ2n) is 5.12. The van der Waals surface area contributed by atoms with E-state index in [0.29, 0.717) is 12.1 Å². The average Bonchev–Trinajstić information content (AvgIpc) is 2.79. The zero-order valence-corrected chi connectivity index (χ0v) is 11.3. The van der Waals surface area contributed by atoms with Crippen LogP contribution in [0, 0.1) is 5.82 Å². The van der Waals surface area contributed by atoms with E-state index in [1.165, 1.54) is 11.1 Å². The molecule has 2 nitrogen and oxygen atoms in total. The van der Waals surface area contributed by atoms with E-state index in [4.69, 9.17) is 17.3 Å². The van der Waals surface area contributed by atoms with Gasteiger partial charge in [0.2, 0.25) is 0 Å². The topological polar surface area (TPSA) is 30.9 Å². The minimum atomic E-state index is -0.333. The summed E-state index contributed by atoms with van der Waals surface area (Å²) in [7, 11) is 0. The highest BCUT2D eigenvalue weighted by molar-refractivity contribution is 6.30. The Morgan fingerprint density at radius 3 is 3.00 bits per heavy atom. The number of nitrogens with zero attached hydrogens (tertiary/aromatic N) is 1. The second kappa shape index (κ2) is 4.99. The van der Waals surface area contributed by atoms with E-state index in [1.54, 1.807) is 18.2 Å². The summed E-state index contributed by atoms with van der Waals surface area (Å²) >= 11 is 5.80. The summed E-state index contributed by atoms with van der Waals surface area (Å²) in [6.07, 6.45) is 7.34. The minimum Gasteiger partial charge on any atom is -0.349 e. The molecule has 4 heteroatoms. The van der Waals surface area contributed by atoms with Gasteiger partial charge in [-0.15, -0.1) is 0 Å². The van der Waals surface area contributed by atoms with Crippen LogP contribution in [-0.2, 0) is 13.0 Å².